The molecule has 2 heterocycles. The second-order valence-electron chi connectivity index (χ2n) is 6.94. The quantitative estimate of drug-likeness (QED) is 0.655. The molecule has 0 radical (unpaired) electrons. The fraction of sp³-hybridized carbons (Fsp3) is 0.250. The number of rotatable bonds is 3. The number of benzene rings is 2. The Bertz CT molecular complexity index is 1200. The summed E-state index contributed by atoms with van der Waals surface area (Å²) in [6.45, 7) is 2.86. The number of halogens is 2. The molecule has 1 saturated heterocycles. The van der Waals surface area contributed by atoms with Gasteiger partial charge >= 0.3 is 0 Å². The van der Waals surface area contributed by atoms with Gasteiger partial charge in [-0.3, -0.25) is 4.79 Å². The zero-order valence-corrected chi connectivity index (χ0v) is 18.0. The number of nitrogens with one attached hydrogen (secondary N) is 1. The number of hydrogen-bond donors (Lipinski definition) is 1. The number of carbonyl (C=O) groups excluding carboxylic acids is 1. The van der Waals surface area contributed by atoms with Crippen molar-refractivity contribution in [2.24, 2.45) is 0 Å². The van der Waals surface area contributed by atoms with Crippen molar-refractivity contribution in [3.8, 4) is 0 Å². The van der Waals surface area contributed by atoms with Crippen molar-refractivity contribution in [3.63, 3.8) is 0 Å². The molecule has 0 saturated carbocycles. The standard InChI is InChI=1S/C20H19Cl2N3O3S/c1-13-19(15-4-2-3-5-17(15)23-13)20(26)24-8-10-25(11-9-24)29(27,28)18-12-14(21)6-7-16(18)22/h2-7,12,23H,8-11H2,1H3. The van der Waals surface area contributed by atoms with Crippen LogP contribution in [0.1, 0.15) is 16.1 Å². The summed E-state index contributed by atoms with van der Waals surface area (Å²) in [7, 11) is -3.79. The van der Waals surface area contributed by atoms with Crippen LogP contribution in [0.2, 0.25) is 10.0 Å². The van der Waals surface area contributed by atoms with Gasteiger partial charge in [-0.05, 0) is 31.2 Å². The van der Waals surface area contributed by atoms with Gasteiger partial charge in [-0.1, -0.05) is 41.4 Å². The van der Waals surface area contributed by atoms with Crippen LogP contribution < -0.4 is 0 Å². The Morgan fingerprint density at radius 3 is 2.45 bits per heavy atom. The molecule has 1 aliphatic rings. The number of fused-ring (bicyclic) bond motifs is 1. The van der Waals surface area contributed by atoms with Crippen LogP contribution in [0.3, 0.4) is 0 Å². The van der Waals surface area contributed by atoms with E-state index in [-0.39, 0.29) is 28.9 Å². The van der Waals surface area contributed by atoms with Gasteiger partial charge < -0.3 is 9.88 Å². The zero-order valence-electron chi connectivity index (χ0n) is 15.7. The minimum atomic E-state index is -3.79. The zero-order chi connectivity index (χ0) is 20.8. The number of aryl methyl sites for hydroxylation is 1. The van der Waals surface area contributed by atoms with Crippen LogP contribution in [0.5, 0.6) is 0 Å². The lowest BCUT2D eigenvalue weighted by molar-refractivity contribution is 0.0699. The number of carbonyl (C=O) groups is 1. The van der Waals surface area contributed by atoms with Gasteiger partial charge in [0.05, 0.1) is 10.6 Å². The predicted molar refractivity (Wildman–Crippen MR) is 114 cm³/mol. The number of amides is 1. The Hall–Kier alpha value is -2.06. The fourth-order valence-corrected chi connectivity index (χ4v) is 5.82. The topological polar surface area (TPSA) is 73.5 Å². The Morgan fingerprint density at radius 1 is 1.03 bits per heavy atom. The van der Waals surface area contributed by atoms with Crippen LogP contribution in [0.25, 0.3) is 10.9 Å². The second kappa shape index (κ2) is 7.65. The minimum Gasteiger partial charge on any atom is -0.358 e. The van der Waals surface area contributed by atoms with E-state index in [0.29, 0.717) is 23.7 Å². The van der Waals surface area contributed by atoms with E-state index >= 15 is 0 Å². The number of H-pyrrole nitrogens is 1. The minimum absolute atomic E-state index is 0.0149. The largest absolute Gasteiger partial charge is 0.358 e. The lowest BCUT2D eigenvalue weighted by atomic mass is 10.1. The molecule has 1 fully saturated rings. The number of aromatic nitrogens is 1. The van der Waals surface area contributed by atoms with E-state index in [1.54, 1.807) is 11.0 Å². The molecule has 1 aliphatic heterocycles. The lowest BCUT2D eigenvalue weighted by Crippen LogP contribution is -2.50. The van der Waals surface area contributed by atoms with Gasteiger partial charge in [0.15, 0.2) is 0 Å². The number of nitrogens with zero attached hydrogens (tertiary/aromatic N) is 2. The molecule has 4 rings (SSSR count). The third-order valence-corrected chi connectivity index (χ3v) is 7.76. The summed E-state index contributed by atoms with van der Waals surface area (Å²) in [6.07, 6.45) is 0. The number of piperazine rings is 1. The van der Waals surface area contributed by atoms with E-state index in [0.717, 1.165) is 16.6 Å². The molecule has 1 N–H and O–H groups in total. The number of aromatic amines is 1. The second-order valence-corrected chi connectivity index (χ2v) is 9.69. The molecule has 0 aliphatic carbocycles. The Labute approximate surface area is 179 Å². The highest BCUT2D eigenvalue weighted by Crippen LogP contribution is 2.29. The molecule has 6 nitrogen and oxygen atoms in total. The first-order valence-corrected chi connectivity index (χ1v) is 11.3. The molecule has 0 bridgehead atoms. The first-order valence-electron chi connectivity index (χ1n) is 9.11. The molecule has 1 aromatic heterocycles. The van der Waals surface area contributed by atoms with Crippen molar-refractivity contribution in [2.75, 3.05) is 26.2 Å². The Morgan fingerprint density at radius 2 is 1.72 bits per heavy atom. The molecule has 9 heteroatoms. The molecule has 3 aromatic rings. The number of para-hydroxylation sites is 1. The lowest BCUT2D eigenvalue weighted by Gasteiger charge is -2.34. The average molecular weight is 452 g/mol. The molecule has 0 unspecified atom stereocenters. The van der Waals surface area contributed by atoms with Crippen molar-refractivity contribution in [1.29, 1.82) is 0 Å². The van der Waals surface area contributed by atoms with E-state index in [1.807, 2.05) is 31.2 Å². The first kappa shape index (κ1) is 20.2. The summed E-state index contributed by atoms with van der Waals surface area (Å²) in [4.78, 5) is 18.0. The van der Waals surface area contributed by atoms with Crippen molar-refractivity contribution in [1.82, 2.24) is 14.2 Å². The highest BCUT2D eigenvalue weighted by Gasteiger charge is 2.32. The SMILES string of the molecule is Cc1[nH]c2ccccc2c1C(=O)N1CCN(S(=O)(=O)c2cc(Cl)ccc2Cl)CC1. The van der Waals surface area contributed by atoms with E-state index in [9.17, 15) is 13.2 Å². The highest BCUT2D eigenvalue weighted by atomic mass is 35.5. The monoisotopic (exact) mass is 451 g/mol. The maximum absolute atomic E-state index is 13.1. The average Bonchev–Trinajstić information content (AvgIpc) is 3.05. The van der Waals surface area contributed by atoms with E-state index in [4.69, 9.17) is 23.2 Å². The molecule has 2 aromatic carbocycles. The van der Waals surface area contributed by atoms with Crippen molar-refractivity contribution in [2.45, 2.75) is 11.8 Å². The van der Waals surface area contributed by atoms with Gasteiger partial charge in [0.2, 0.25) is 10.0 Å². The predicted octanol–water partition coefficient (Wildman–Crippen LogP) is 3.93. The van der Waals surface area contributed by atoms with Gasteiger partial charge in [0.1, 0.15) is 4.90 Å². The summed E-state index contributed by atoms with van der Waals surface area (Å²) < 4.78 is 27.3. The third kappa shape index (κ3) is 3.64. The van der Waals surface area contributed by atoms with E-state index < -0.39 is 10.0 Å². The van der Waals surface area contributed by atoms with Gasteiger partial charge in [-0.15, -0.1) is 0 Å². The Balaban J connectivity index is 1.54. The molecule has 152 valence electrons. The summed E-state index contributed by atoms with van der Waals surface area (Å²) in [5.74, 6) is -0.0993. The molecule has 29 heavy (non-hydrogen) atoms. The van der Waals surface area contributed by atoms with Gasteiger partial charge in [0.25, 0.3) is 5.91 Å². The van der Waals surface area contributed by atoms with Crippen molar-refractivity contribution >= 4 is 50.0 Å². The first-order chi connectivity index (χ1) is 13.8. The molecular formula is C20H19Cl2N3O3S. The van der Waals surface area contributed by atoms with Crippen molar-refractivity contribution < 1.29 is 13.2 Å². The molecular weight excluding hydrogens is 433 g/mol. The van der Waals surface area contributed by atoms with Gasteiger partial charge in [-0.2, -0.15) is 4.31 Å². The Kier molecular flexibility index (Phi) is 5.33. The summed E-state index contributed by atoms with van der Waals surface area (Å²) >= 11 is 12.0. The van der Waals surface area contributed by atoms with Crippen LogP contribution in [0.15, 0.2) is 47.4 Å². The fourth-order valence-electron chi connectivity index (χ4n) is 3.66. The molecule has 1 amide bonds. The molecule has 0 atom stereocenters. The van der Waals surface area contributed by atoms with Crippen LogP contribution in [-0.2, 0) is 10.0 Å². The van der Waals surface area contributed by atoms with Crippen LogP contribution in [-0.4, -0.2) is 54.7 Å². The van der Waals surface area contributed by atoms with E-state index in [1.165, 1.54) is 16.4 Å². The molecule has 0 spiro atoms. The van der Waals surface area contributed by atoms with Crippen LogP contribution in [0, 0.1) is 6.92 Å². The maximum atomic E-state index is 13.1. The summed E-state index contributed by atoms with van der Waals surface area (Å²) in [5, 5.41) is 1.30. The van der Waals surface area contributed by atoms with Crippen LogP contribution in [0.4, 0.5) is 0 Å². The number of sulfonamides is 1. The third-order valence-electron chi connectivity index (χ3n) is 5.14. The van der Waals surface area contributed by atoms with E-state index in [2.05, 4.69) is 4.98 Å². The van der Waals surface area contributed by atoms with Crippen LogP contribution >= 0.6 is 23.2 Å². The summed E-state index contributed by atoms with van der Waals surface area (Å²) in [6, 6.07) is 12.0. The number of hydrogen-bond acceptors (Lipinski definition) is 3. The van der Waals surface area contributed by atoms with Crippen molar-refractivity contribution in [3.05, 3.63) is 63.8 Å². The maximum Gasteiger partial charge on any atom is 0.256 e. The highest BCUT2D eigenvalue weighted by molar-refractivity contribution is 7.89. The van der Waals surface area contributed by atoms with Gasteiger partial charge in [-0.25, -0.2) is 8.42 Å². The smallest absolute Gasteiger partial charge is 0.256 e. The normalized spacial score (nSPS) is 15.8. The van der Waals surface area contributed by atoms with Gasteiger partial charge in [0, 0.05) is 47.8 Å². The summed E-state index contributed by atoms with van der Waals surface area (Å²) in [5.41, 5.74) is 2.34.